The summed E-state index contributed by atoms with van der Waals surface area (Å²) in [4.78, 5) is 0. The van der Waals surface area contributed by atoms with Gasteiger partial charge in [-0.15, -0.1) is 0 Å². The molecule has 1 aromatic carbocycles. The third kappa shape index (κ3) is 1.77. The summed E-state index contributed by atoms with van der Waals surface area (Å²) in [5.74, 6) is 1.64. The van der Waals surface area contributed by atoms with Crippen molar-refractivity contribution in [3.05, 3.63) is 23.3 Å². The lowest BCUT2D eigenvalue weighted by Crippen LogP contribution is -2.10. The van der Waals surface area contributed by atoms with Crippen molar-refractivity contribution in [1.82, 2.24) is 0 Å². The second-order valence-electron chi connectivity index (χ2n) is 3.64. The number of benzene rings is 1. The van der Waals surface area contributed by atoms with Gasteiger partial charge in [-0.2, -0.15) is 0 Å². The second-order valence-corrected chi connectivity index (χ2v) is 3.64. The smallest absolute Gasteiger partial charge is 0.146 e. The number of nitrogens with one attached hydrogen (secondary N) is 1. The maximum absolute atomic E-state index is 5.32. The van der Waals surface area contributed by atoms with Crippen LogP contribution in [-0.2, 0) is 0 Å². The fourth-order valence-electron chi connectivity index (χ4n) is 1.74. The molecular formula is C12H15NO2. The van der Waals surface area contributed by atoms with E-state index < -0.39 is 0 Å². The molecule has 1 N–H and O–H groups in total. The molecule has 1 heterocycles. The highest BCUT2D eigenvalue weighted by Crippen LogP contribution is 2.36. The molecule has 0 bridgehead atoms. The molecule has 0 fully saturated rings. The molecule has 0 radical (unpaired) electrons. The standard InChI is InChI=1S/C12H15NO2/c1-8-4-9-5-10(14-2)6-11(15-3)12(9)13-7-8/h4-6,13H,7H2,1-3H3. The number of hydrogen-bond donors (Lipinski definition) is 1. The van der Waals surface area contributed by atoms with Crippen LogP contribution in [0.5, 0.6) is 11.5 Å². The van der Waals surface area contributed by atoms with Crippen molar-refractivity contribution >= 4 is 11.8 Å². The van der Waals surface area contributed by atoms with Crippen molar-refractivity contribution in [3.63, 3.8) is 0 Å². The lowest BCUT2D eigenvalue weighted by Gasteiger charge is -2.20. The van der Waals surface area contributed by atoms with Crippen molar-refractivity contribution in [2.75, 3.05) is 26.1 Å². The monoisotopic (exact) mass is 205 g/mol. The summed E-state index contributed by atoms with van der Waals surface area (Å²) in [5.41, 5.74) is 3.47. The molecule has 0 spiro atoms. The zero-order valence-electron chi connectivity index (χ0n) is 9.26. The van der Waals surface area contributed by atoms with Gasteiger partial charge in [0.15, 0.2) is 0 Å². The first-order valence-corrected chi connectivity index (χ1v) is 4.91. The first-order chi connectivity index (χ1) is 7.24. The highest BCUT2D eigenvalue weighted by molar-refractivity contribution is 5.78. The van der Waals surface area contributed by atoms with Gasteiger partial charge in [-0.05, 0) is 13.0 Å². The SMILES string of the molecule is COc1cc2c(c(OC)c1)NCC(C)=C2. The minimum atomic E-state index is 0.818. The molecule has 0 amide bonds. The number of anilines is 1. The summed E-state index contributed by atoms with van der Waals surface area (Å²) < 4.78 is 10.5. The molecule has 0 unspecified atom stereocenters. The van der Waals surface area contributed by atoms with Gasteiger partial charge in [0.25, 0.3) is 0 Å². The van der Waals surface area contributed by atoms with Crippen molar-refractivity contribution in [2.24, 2.45) is 0 Å². The normalized spacial score (nSPS) is 13.7. The van der Waals surface area contributed by atoms with Gasteiger partial charge < -0.3 is 14.8 Å². The maximum Gasteiger partial charge on any atom is 0.146 e. The topological polar surface area (TPSA) is 30.5 Å². The van der Waals surface area contributed by atoms with E-state index in [0.29, 0.717) is 0 Å². The molecule has 3 heteroatoms. The van der Waals surface area contributed by atoms with Crippen LogP contribution in [0.4, 0.5) is 5.69 Å². The van der Waals surface area contributed by atoms with Gasteiger partial charge >= 0.3 is 0 Å². The minimum Gasteiger partial charge on any atom is -0.497 e. The molecule has 1 aliphatic rings. The van der Waals surface area contributed by atoms with Gasteiger partial charge in [0.05, 0.1) is 19.9 Å². The highest BCUT2D eigenvalue weighted by Gasteiger charge is 2.14. The largest absolute Gasteiger partial charge is 0.497 e. The number of ether oxygens (including phenoxy) is 2. The Morgan fingerprint density at radius 2 is 2.00 bits per heavy atom. The van der Waals surface area contributed by atoms with Gasteiger partial charge in [-0.3, -0.25) is 0 Å². The Morgan fingerprint density at radius 1 is 1.20 bits per heavy atom. The van der Waals surface area contributed by atoms with Gasteiger partial charge in [0.1, 0.15) is 11.5 Å². The molecule has 80 valence electrons. The summed E-state index contributed by atoms with van der Waals surface area (Å²) in [6.45, 7) is 2.97. The van der Waals surface area contributed by atoms with E-state index in [1.165, 1.54) is 5.57 Å². The first-order valence-electron chi connectivity index (χ1n) is 4.91. The molecule has 0 aliphatic carbocycles. The van der Waals surface area contributed by atoms with Gasteiger partial charge in [0.2, 0.25) is 0 Å². The molecule has 2 rings (SSSR count). The Hall–Kier alpha value is -1.64. The van der Waals surface area contributed by atoms with Crippen molar-refractivity contribution in [1.29, 1.82) is 0 Å². The summed E-state index contributed by atoms with van der Waals surface area (Å²) >= 11 is 0. The lowest BCUT2D eigenvalue weighted by atomic mass is 10.0. The average Bonchev–Trinajstić information content (AvgIpc) is 2.26. The average molecular weight is 205 g/mol. The van der Waals surface area contributed by atoms with E-state index in [4.69, 9.17) is 9.47 Å². The number of rotatable bonds is 2. The molecule has 1 aliphatic heterocycles. The fraction of sp³-hybridized carbons (Fsp3) is 0.333. The molecule has 0 saturated heterocycles. The van der Waals surface area contributed by atoms with Crippen LogP contribution in [0, 0.1) is 0 Å². The molecule has 0 aromatic heterocycles. The summed E-state index contributed by atoms with van der Waals surface area (Å²) in [7, 11) is 3.33. The van der Waals surface area contributed by atoms with Crippen molar-refractivity contribution in [2.45, 2.75) is 6.92 Å². The Bertz CT molecular complexity index is 410. The van der Waals surface area contributed by atoms with E-state index in [9.17, 15) is 0 Å². The summed E-state index contributed by atoms with van der Waals surface area (Å²) in [6, 6.07) is 3.90. The van der Waals surface area contributed by atoms with E-state index in [1.807, 2.05) is 12.1 Å². The van der Waals surface area contributed by atoms with Crippen LogP contribution in [0.3, 0.4) is 0 Å². The van der Waals surface area contributed by atoms with E-state index in [2.05, 4.69) is 18.3 Å². The van der Waals surface area contributed by atoms with Gasteiger partial charge in [0, 0.05) is 18.2 Å². The molecule has 1 aromatic rings. The van der Waals surface area contributed by atoms with Crippen LogP contribution in [-0.4, -0.2) is 20.8 Å². The van der Waals surface area contributed by atoms with Crippen LogP contribution >= 0.6 is 0 Å². The molecule has 3 nitrogen and oxygen atoms in total. The third-order valence-electron chi connectivity index (χ3n) is 2.51. The zero-order valence-corrected chi connectivity index (χ0v) is 9.26. The number of methoxy groups -OCH3 is 2. The first kappa shape index (κ1) is 9.90. The van der Waals surface area contributed by atoms with E-state index in [1.54, 1.807) is 14.2 Å². The predicted molar refractivity (Wildman–Crippen MR) is 61.7 cm³/mol. The number of hydrogen-bond acceptors (Lipinski definition) is 3. The van der Waals surface area contributed by atoms with Crippen LogP contribution < -0.4 is 14.8 Å². The molecule has 0 saturated carbocycles. The van der Waals surface area contributed by atoms with E-state index in [0.717, 1.165) is 29.3 Å². The van der Waals surface area contributed by atoms with Gasteiger partial charge in [-0.1, -0.05) is 11.6 Å². The van der Waals surface area contributed by atoms with Crippen LogP contribution in [0.15, 0.2) is 17.7 Å². The van der Waals surface area contributed by atoms with Crippen LogP contribution in [0.1, 0.15) is 12.5 Å². The van der Waals surface area contributed by atoms with Crippen LogP contribution in [0.25, 0.3) is 6.08 Å². The lowest BCUT2D eigenvalue weighted by molar-refractivity contribution is 0.395. The quantitative estimate of drug-likeness (QED) is 0.804. The third-order valence-corrected chi connectivity index (χ3v) is 2.51. The minimum absolute atomic E-state index is 0.818. The molecular weight excluding hydrogens is 190 g/mol. The molecule has 15 heavy (non-hydrogen) atoms. The van der Waals surface area contributed by atoms with Crippen molar-refractivity contribution in [3.8, 4) is 11.5 Å². The Labute approximate surface area is 89.7 Å². The van der Waals surface area contributed by atoms with Crippen molar-refractivity contribution < 1.29 is 9.47 Å². The second kappa shape index (κ2) is 3.85. The number of fused-ring (bicyclic) bond motifs is 1. The van der Waals surface area contributed by atoms with Gasteiger partial charge in [-0.25, -0.2) is 0 Å². The van der Waals surface area contributed by atoms with Crippen LogP contribution in [0.2, 0.25) is 0 Å². The summed E-state index contributed by atoms with van der Waals surface area (Å²) in [6.07, 6.45) is 2.15. The molecule has 0 atom stereocenters. The fourth-order valence-corrected chi connectivity index (χ4v) is 1.74. The maximum atomic E-state index is 5.32. The van der Waals surface area contributed by atoms with E-state index >= 15 is 0 Å². The summed E-state index contributed by atoms with van der Waals surface area (Å²) in [5, 5.41) is 3.33. The highest BCUT2D eigenvalue weighted by atomic mass is 16.5. The predicted octanol–water partition coefficient (Wildman–Crippen LogP) is 2.53. The zero-order chi connectivity index (χ0) is 10.8. The Kier molecular flexibility index (Phi) is 2.54. The van der Waals surface area contributed by atoms with E-state index in [-0.39, 0.29) is 0 Å². The Morgan fingerprint density at radius 3 is 2.67 bits per heavy atom. The Balaban J connectivity index is 2.55.